The maximum Gasteiger partial charge on any atom is 0.330 e. The Morgan fingerprint density at radius 1 is 0.957 bits per heavy atom. The van der Waals surface area contributed by atoms with Crippen LogP contribution in [0.4, 0.5) is 11.5 Å². The fourth-order valence-corrected chi connectivity index (χ4v) is 6.34. The lowest BCUT2D eigenvalue weighted by Crippen LogP contribution is -2.37. The van der Waals surface area contributed by atoms with Crippen LogP contribution in [-0.2, 0) is 25.4 Å². The average Bonchev–Trinajstić information content (AvgIpc) is 3.07. The molecule has 1 saturated heterocycles. The second-order valence-corrected chi connectivity index (χ2v) is 12.0. The van der Waals surface area contributed by atoms with E-state index in [1.165, 1.54) is 11.6 Å². The molecular formula is C35H37ClN6O4. The molecule has 0 bridgehead atoms. The van der Waals surface area contributed by atoms with Crippen LogP contribution in [0.5, 0.6) is 5.88 Å². The Labute approximate surface area is 272 Å². The van der Waals surface area contributed by atoms with Crippen molar-refractivity contribution in [2.45, 2.75) is 39.3 Å². The molecular weight excluding hydrogens is 604 g/mol. The number of pyridine rings is 2. The van der Waals surface area contributed by atoms with Gasteiger partial charge in [0.1, 0.15) is 11.2 Å². The Bertz CT molecular complexity index is 2070. The average molecular weight is 641 g/mol. The van der Waals surface area contributed by atoms with E-state index in [0.717, 1.165) is 64.1 Å². The first kappa shape index (κ1) is 31.5. The van der Waals surface area contributed by atoms with Gasteiger partial charge in [-0.25, -0.2) is 14.8 Å². The SMILES string of the molecule is COc1nc(-c2cccc(-c3cccc(Nc4nc(C)cc5c4c(=O)n(C)c(=O)n5C)c3C)c2Cl)ccc1CNC1CCOCC1. The molecule has 0 amide bonds. The first-order valence-corrected chi connectivity index (χ1v) is 15.6. The fourth-order valence-electron chi connectivity index (χ4n) is 6.02. The smallest absolute Gasteiger partial charge is 0.330 e. The van der Waals surface area contributed by atoms with Gasteiger partial charge in [0.05, 0.1) is 23.3 Å². The summed E-state index contributed by atoms with van der Waals surface area (Å²) in [5.41, 5.74) is 6.29. The zero-order chi connectivity index (χ0) is 32.5. The summed E-state index contributed by atoms with van der Waals surface area (Å²) in [4.78, 5) is 35.3. The van der Waals surface area contributed by atoms with Gasteiger partial charge >= 0.3 is 5.69 Å². The molecule has 2 aromatic carbocycles. The van der Waals surface area contributed by atoms with Crippen molar-refractivity contribution in [1.29, 1.82) is 0 Å². The van der Waals surface area contributed by atoms with E-state index < -0.39 is 11.2 Å². The number of hydrogen-bond acceptors (Lipinski definition) is 8. The molecule has 0 radical (unpaired) electrons. The van der Waals surface area contributed by atoms with Crippen molar-refractivity contribution in [1.82, 2.24) is 24.4 Å². The van der Waals surface area contributed by atoms with Gasteiger partial charge in [0.2, 0.25) is 5.88 Å². The molecule has 0 unspecified atom stereocenters. The Kier molecular flexibility index (Phi) is 8.95. The standard InChI is InChI=1S/C35H37ClN6O4/c1-20-18-29-30(34(43)42(4)35(44)41(29)3)32(38-20)39-27-11-7-8-24(21(27)2)25-9-6-10-26(31(25)36)28-13-12-22(33(40-28)45-5)19-37-23-14-16-46-17-15-23/h6-13,18,23,37H,14-17,19H2,1-5H3,(H,38,39). The highest BCUT2D eigenvalue weighted by Crippen LogP contribution is 2.40. The number of methoxy groups -OCH3 is 1. The van der Waals surface area contributed by atoms with Crippen molar-refractivity contribution in [2.75, 3.05) is 25.6 Å². The number of aromatic nitrogens is 4. The van der Waals surface area contributed by atoms with Gasteiger partial charge in [-0.2, -0.15) is 0 Å². The van der Waals surface area contributed by atoms with E-state index in [9.17, 15) is 9.59 Å². The van der Waals surface area contributed by atoms with Gasteiger partial charge in [0, 0.05) is 68.0 Å². The molecule has 1 fully saturated rings. The third-order valence-corrected chi connectivity index (χ3v) is 9.07. The Balaban J connectivity index is 1.34. The number of rotatable bonds is 8. The molecule has 0 atom stereocenters. The molecule has 0 aliphatic carbocycles. The third kappa shape index (κ3) is 5.91. The lowest BCUT2D eigenvalue weighted by molar-refractivity contribution is 0.0775. The highest BCUT2D eigenvalue weighted by molar-refractivity contribution is 6.36. The zero-order valence-electron chi connectivity index (χ0n) is 26.6. The molecule has 0 spiro atoms. The number of hydrogen-bond donors (Lipinski definition) is 2. The molecule has 6 rings (SSSR count). The van der Waals surface area contributed by atoms with Crippen LogP contribution in [0.3, 0.4) is 0 Å². The van der Waals surface area contributed by atoms with Gasteiger partial charge in [-0.15, -0.1) is 0 Å². The van der Waals surface area contributed by atoms with E-state index in [0.29, 0.717) is 51.6 Å². The van der Waals surface area contributed by atoms with Gasteiger partial charge in [-0.05, 0) is 56.0 Å². The van der Waals surface area contributed by atoms with Crippen LogP contribution in [-0.4, -0.2) is 45.5 Å². The van der Waals surface area contributed by atoms with Crippen molar-refractivity contribution in [3.63, 3.8) is 0 Å². The minimum absolute atomic E-state index is 0.339. The largest absolute Gasteiger partial charge is 0.481 e. The lowest BCUT2D eigenvalue weighted by atomic mass is 9.96. The van der Waals surface area contributed by atoms with Crippen LogP contribution in [0.15, 0.2) is 64.2 Å². The molecule has 1 aliphatic heterocycles. The topological polar surface area (TPSA) is 112 Å². The van der Waals surface area contributed by atoms with Crippen molar-refractivity contribution in [2.24, 2.45) is 14.1 Å². The summed E-state index contributed by atoms with van der Waals surface area (Å²) in [6.07, 6.45) is 1.98. The number of aryl methyl sites for hydroxylation is 2. The van der Waals surface area contributed by atoms with Crippen molar-refractivity contribution in [3.05, 3.63) is 97.3 Å². The van der Waals surface area contributed by atoms with Crippen LogP contribution >= 0.6 is 11.6 Å². The molecule has 1 aliphatic rings. The minimum Gasteiger partial charge on any atom is -0.481 e. The number of halogens is 1. The van der Waals surface area contributed by atoms with Gasteiger partial charge < -0.3 is 20.1 Å². The zero-order valence-corrected chi connectivity index (χ0v) is 27.4. The summed E-state index contributed by atoms with van der Waals surface area (Å²) in [6.45, 7) is 6.04. The molecule has 4 heterocycles. The molecule has 10 nitrogen and oxygen atoms in total. The number of nitrogens with zero attached hydrogens (tertiary/aromatic N) is 4. The van der Waals surface area contributed by atoms with Crippen LogP contribution in [0.1, 0.15) is 29.7 Å². The summed E-state index contributed by atoms with van der Waals surface area (Å²) in [6, 6.07) is 17.9. The predicted octanol–water partition coefficient (Wildman–Crippen LogP) is 5.65. The Morgan fingerprint density at radius 2 is 1.67 bits per heavy atom. The van der Waals surface area contributed by atoms with Crippen molar-refractivity contribution >= 4 is 34.0 Å². The summed E-state index contributed by atoms with van der Waals surface area (Å²) in [7, 11) is 4.75. The van der Waals surface area contributed by atoms with E-state index in [2.05, 4.69) is 15.6 Å². The predicted molar refractivity (Wildman–Crippen MR) is 182 cm³/mol. The van der Waals surface area contributed by atoms with E-state index in [-0.39, 0.29) is 0 Å². The van der Waals surface area contributed by atoms with E-state index in [1.807, 2.05) is 62.4 Å². The monoisotopic (exact) mass is 640 g/mol. The summed E-state index contributed by atoms with van der Waals surface area (Å²) in [5.74, 6) is 0.941. The van der Waals surface area contributed by atoms with Crippen LogP contribution in [0.2, 0.25) is 5.02 Å². The molecule has 238 valence electrons. The Morgan fingerprint density at radius 3 is 2.43 bits per heavy atom. The first-order chi connectivity index (χ1) is 22.2. The second-order valence-electron chi connectivity index (χ2n) is 11.6. The number of fused-ring (bicyclic) bond motifs is 1. The molecule has 46 heavy (non-hydrogen) atoms. The van der Waals surface area contributed by atoms with Crippen LogP contribution in [0, 0.1) is 13.8 Å². The van der Waals surface area contributed by atoms with E-state index in [4.69, 9.17) is 26.1 Å². The number of nitrogens with one attached hydrogen (secondary N) is 2. The maximum atomic E-state index is 13.2. The molecule has 0 saturated carbocycles. The lowest BCUT2D eigenvalue weighted by Gasteiger charge is -2.23. The quantitative estimate of drug-likeness (QED) is 0.224. The minimum atomic E-state index is -0.411. The van der Waals surface area contributed by atoms with Gasteiger partial charge in [-0.3, -0.25) is 13.9 Å². The number of benzene rings is 2. The highest BCUT2D eigenvalue weighted by Gasteiger charge is 2.19. The molecule has 11 heteroatoms. The highest BCUT2D eigenvalue weighted by atomic mass is 35.5. The summed E-state index contributed by atoms with van der Waals surface area (Å²) >= 11 is 7.12. The maximum absolute atomic E-state index is 13.2. The molecule has 2 N–H and O–H groups in total. The van der Waals surface area contributed by atoms with E-state index >= 15 is 0 Å². The molecule has 5 aromatic rings. The second kappa shape index (κ2) is 13.1. The normalized spacial score (nSPS) is 13.7. The van der Waals surface area contributed by atoms with Gasteiger partial charge in [0.25, 0.3) is 5.56 Å². The van der Waals surface area contributed by atoms with E-state index in [1.54, 1.807) is 20.2 Å². The van der Waals surface area contributed by atoms with Crippen LogP contribution in [0.25, 0.3) is 33.3 Å². The van der Waals surface area contributed by atoms with Crippen LogP contribution < -0.4 is 26.6 Å². The van der Waals surface area contributed by atoms with Crippen molar-refractivity contribution in [3.8, 4) is 28.3 Å². The summed E-state index contributed by atoms with van der Waals surface area (Å²) in [5, 5.41) is 7.88. The van der Waals surface area contributed by atoms with Gasteiger partial charge in [0.15, 0.2) is 0 Å². The van der Waals surface area contributed by atoms with Crippen molar-refractivity contribution < 1.29 is 9.47 Å². The third-order valence-electron chi connectivity index (χ3n) is 8.67. The fraction of sp³-hybridized carbons (Fsp3) is 0.314. The summed E-state index contributed by atoms with van der Waals surface area (Å²) < 4.78 is 13.7. The Hall–Kier alpha value is -4.51. The number of anilines is 2. The van der Waals surface area contributed by atoms with Gasteiger partial charge in [-0.1, -0.05) is 48.0 Å². The first-order valence-electron chi connectivity index (χ1n) is 15.3. The number of ether oxygens (including phenoxy) is 2. The molecule has 3 aromatic heterocycles.